The third kappa shape index (κ3) is 3.93. The number of carbonyl (C=O) groups is 1. The topological polar surface area (TPSA) is 24.8 Å². The summed E-state index contributed by atoms with van der Waals surface area (Å²) >= 11 is 0. The number of amides is 1. The Morgan fingerprint density at radius 2 is 1.43 bits per heavy atom. The lowest BCUT2D eigenvalue weighted by Crippen LogP contribution is -3.13. The predicted octanol–water partition coefficient (Wildman–Crippen LogP) is 1.51. The van der Waals surface area contributed by atoms with Gasteiger partial charge in [-0.05, 0) is 36.4 Å². The van der Waals surface area contributed by atoms with E-state index in [9.17, 15) is 13.6 Å². The van der Waals surface area contributed by atoms with E-state index >= 15 is 0 Å². The lowest BCUT2D eigenvalue weighted by Gasteiger charge is -2.32. The Hall–Kier alpha value is -2.27. The number of rotatable bonds is 3. The van der Waals surface area contributed by atoms with Gasteiger partial charge in [-0.1, -0.05) is 12.1 Å². The van der Waals surface area contributed by atoms with E-state index in [0.29, 0.717) is 18.7 Å². The number of carbonyl (C=O) groups excluding carboxylic acids is 1. The minimum Gasteiger partial charge on any atom is -0.328 e. The molecule has 1 N–H and O–H groups in total. The Kier molecular flexibility index (Phi) is 4.67. The van der Waals surface area contributed by atoms with Gasteiger partial charge in [0.25, 0.3) is 5.91 Å². The fraction of sp³-hybridized carbons (Fsp3) is 0.278. The molecular weight excluding hydrogens is 298 g/mol. The van der Waals surface area contributed by atoms with Crippen LogP contribution in [-0.4, -0.2) is 37.0 Å². The van der Waals surface area contributed by atoms with Crippen molar-refractivity contribution >= 4 is 5.91 Å². The zero-order chi connectivity index (χ0) is 16.2. The van der Waals surface area contributed by atoms with Crippen molar-refractivity contribution in [1.82, 2.24) is 4.90 Å². The van der Waals surface area contributed by atoms with E-state index in [2.05, 4.69) is 0 Å². The number of hydrogen-bond donors (Lipinski definition) is 1. The summed E-state index contributed by atoms with van der Waals surface area (Å²) in [6.07, 6.45) is 0. The summed E-state index contributed by atoms with van der Waals surface area (Å²) < 4.78 is 25.8. The summed E-state index contributed by atoms with van der Waals surface area (Å²) in [4.78, 5) is 15.5. The van der Waals surface area contributed by atoms with Gasteiger partial charge >= 0.3 is 0 Å². The van der Waals surface area contributed by atoms with Gasteiger partial charge in [-0.3, -0.25) is 4.79 Å². The van der Waals surface area contributed by atoms with E-state index in [4.69, 9.17) is 0 Å². The van der Waals surface area contributed by atoms with Crippen LogP contribution in [0.25, 0.3) is 0 Å². The molecule has 1 fully saturated rings. The molecule has 5 heteroatoms. The largest absolute Gasteiger partial charge is 0.328 e. The van der Waals surface area contributed by atoms with Crippen LogP contribution in [0.2, 0.25) is 0 Å². The zero-order valence-corrected chi connectivity index (χ0v) is 12.8. The van der Waals surface area contributed by atoms with Crippen LogP contribution in [0.3, 0.4) is 0 Å². The molecule has 3 nitrogen and oxygen atoms in total. The Morgan fingerprint density at radius 3 is 2.00 bits per heavy atom. The lowest BCUT2D eigenvalue weighted by atomic mass is 10.1. The van der Waals surface area contributed by atoms with Crippen LogP contribution in [0.4, 0.5) is 8.78 Å². The second-order valence-corrected chi connectivity index (χ2v) is 5.85. The van der Waals surface area contributed by atoms with Crippen LogP contribution >= 0.6 is 0 Å². The molecule has 1 heterocycles. The smallest absolute Gasteiger partial charge is 0.254 e. The minimum atomic E-state index is -0.338. The highest BCUT2D eigenvalue weighted by Gasteiger charge is 2.24. The van der Waals surface area contributed by atoms with Gasteiger partial charge in [0, 0.05) is 11.1 Å². The van der Waals surface area contributed by atoms with Crippen molar-refractivity contribution in [3.05, 3.63) is 71.3 Å². The fourth-order valence-electron chi connectivity index (χ4n) is 2.87. The predicted molar refractivity (Wildman–Crippen MR) is 83.1 cm³/mol. The van der Waals surface area contributed by atoms with E-state index in [1.165, 1.54) is 41.3 Å². The second-order valence-electron chi connectivity index (χ2n) is 5.85. The van der Waals surface area contributed by atoms with Gasteiger partial charge in [0.2, 0.25) is 0 Å². The minimum absolute atomic E-state index is 0.0502. The average Bonchev–Trinajstić information content (AvgIpc) is 2.58. The maximum Gasteiger partial charge on any atom is 0.254 e. The van der Waals surface area contributed by atoms with Gasteiger partial charge in [0.15, 0.2) is 0 Å². The molecule has 0 radical (unpaired) electrons. The molecule has 1 aliphatic rings. The molecule has 3 rings (SSSR count). The third-order valence-corrected chi connectivity index (χ3v) is 4.22. The first-order chi connectivity index (χ1) is 11.1. The van der Waals surface area contributed by atoms with Gasteiger partial charge in [0.05, 0.1) is 26.2 Å². The van der Waals surface area contributed by atoms with Crippen molar-refractivity contribution in [3.63, 3.8) is 0 Å². The van der Waals surface area contributed by atoms with E-state index in [1.54, 1.807) is 17.0 Å². The van der Waals surface area contributed by atoms with Crippen LogP contribution in [0, 0.1) is 11.6 Å². The fourth-order valence-corrected chi connectivity index (χ4v) is 2.87. The number of hydrogen-bond acceptors (Lipinski definition) is 1. The van der Waals surface area contributed by atoms with Crippen molar-refractivity contribution in [3.8, 4) is 0 Å². The van der Waals surface area contributed by atoms with E-state index in [0.717, 1.165) is 25.2 Å². The molecule has 2 aromatic carbocycles. The normalized spacial score (nSPS) is 15.7. The molecule has 0 saturated carbocycles. The molecular formula is C18H19F2N2O+. The maximum atomic E-state index is 12.9. The molecule has 120 valence electrons. The van der Waals surface area contributed by atoms with Crippen molar-refractivity contribution in [2.75, 3.05) is 26.2 Å². The summed E-state index contributed by atoms with van der Waals surface area (Å²) in [6.45, 7) is 3.88. The Balaban J connectivity index is 1.54. The van der Waals surface area contributed by atoms with Gasteiger partial charge in [-0.2, -0.15) is 0 Å². The summed E-state index contributed by atoms with van der Waals surface area (Å²) in [5.74, 6) is -0.612. The molecule has 0 atom stereocenters. The quantitative estimate of drug-likeness (QED) is 0.912. The summed E-state index contributed by atoms with van der Waals surface area (Å²) in [6, 6.07) is 12.2. The zero-order valence-electron chi connectivity index (χ0n) is 12.8. The van der Waals surface area contributed by atoms with Crippen molar-refractivity contribution in [2.45, 2.75) is 6.54 Å². The molecule has 2 aromatic rings. The third-order valence-electron chi connectivity index (χ3n) is 4.22. The molecule has 0 bridgehead atoms. The molecule has 0 aliphatic carbocycles. The highest BCUT2D eigenvalue weighted by atomic mass is 19.1. The van der Waals surface area contributed by atoms with Gasteiger partial charge in [-0.25, -0.2) is 8.78 Å². The summed E-state index contributed by atoms with van der Waals surface area (Å²) in [7, 11) is 0. The molecule has 1 saturated heterocycles. The van der Waals surface area contributed by atoms with Crippen LogP contribution in [0.15, 0.2) is 48.5 Å². The molecule has 0 unspecified atom stereocenters. The van der Waals surface area contributed by atoms with Crippen LogP contribution in [-0.2, 0) is 6.54 Å². The van der Waals surface area contributed by atoms with Crippen LogP contribution in [0.5, 0.6) is 0 Å². The Bertz CT molecular complexity index is 662. The summed E-state index contributed by atoms with van der Waals surface area (Å²) in [5.41, 5.74) is 1.62. The van der Waals surface area contributed by atoms with Gasteiger partial charge < -0.3 is 9.80 Å². The SMILES string of the molecule is O=C(c1ccc(F)cc1)N1CC[NH+](Cc2ccc(F)cc2)CC1. The maximum absolute atomic E-state index is 12.9. The standard InChI is InChI=1S/C18H18F2N2O/c19-16-5-1-14(2-6-16)13-21-9-11-22(12-10-21)18(23)15-3-7-17(20)8-4-15/h1-8H,9-13H2/p+1. The Labute approximate surface area is 134 Å². The van der Waals surface area contributed by atoms with Crippen LogP contribution < -0.4 is 4.90 Å². The van der Waals surface area contributed by atoms with Crippen molar-refractivity contribution < 1.29 is 18.5 Å². The van der Waals surface area contributed by atoms with Crippen LogP contribution in [0.1, 0.15) is 15.9 Å². The molecule has 23 heavy (non-hydrogen) atoms. The number of quaternary nitrogens is 1. The number of piperazine rings is 1. The first-order valence-electron chi connectivity index (χ1n) is 7.75. The highest BCUT2D eigenvalue weighted by molar-refractivity contribution is 5.94. The molecule has 1 aliphatic heterocycles. The first kappa shape index (κ1) is 15.6. The number of nitrogens with zero attached hydrogens (tertiary/aromatic N) is 1. The van der Waals surface area contributed by atoms with E-state index in [-0.39, 0.29) is 17.5 Å². The van der Waals surface area contributed by atoms with E-state index < -0.39 is 0 Å². The number of benzene rings is 2. The highest BCUT2D eigenvalue weighted by Crippen LogP contribution is 2.07. The first-order valence-corrected chi connectivity index (χ1v) is 7.75. The second kappa shape index (κ2) is 6.87. The van der Waals surface area contributed by atoms with Crippen molar-refractivity contribution in [1.29, 1.82) is 0 Å². The molecule has 0 aromatic heterocycles. The van der Waals surface area contributed by atoms with Gasteiger partial charge in [-0.15, -0.1) is 0 Å². The van der Waals surface area contributed by atoms with Gasteiger partial charge in [0.1, 0.15) is 18.2 Å². The average molecular weight is 317 g/mol. The summed E-state index contributed by atoms with van der Waals surface area (Å²) in [5, 5.41) is 0. The Morgan fingerprint density at radius 1 is 0.913 bits per heavy atom. The monoisotopic (exact) mass is 317 g/mol. The van der Waals surface area contributed by atoms with Crippen molar-refractivity contribution in [2.24, 2.45) is 0 Å². The number of nitrogens with one attached hydrogen (secondary N) is 1. The molecule has 0 spiro atoms. The number of halogens is 2. The van der Waals surface area contributed by atoms with E-state index in [1.807, 2.05) is 0 Å². The molecule has 1 amide bonds. The lowest BCUT2D eigenvalue weighted by molar-refractivity contribution is -0.917.